The summed E-state index contributed by atoms with van der Waals surface area (Å²) in [6.45, 7) is 4.63. The number of hydrogen-bond donors (Lipinski definition) is 0. The fourth-order valence-electron chi connectivity index (χ4n) is 19.3. The number of nitrogens with zero attached hydrogens (tertiary/aromatic N) is 6. The summed E-state index contributed by atoms with van der Waals surface area (Å²) in [6.07, 6.45) is 0. The van der Waals surface area contributed by atoms with Crippen LogP contribution in [0.3, 0.4) is 0 Å². The Bertz CT molecular complexity index is 8450. The van der Waals surface area contributed by atoms with Gasteiger partial charge in [-0.2, -0.15) is 0 Å². The minimum atomic E-state index is -0.329. The van der Waals surface area contributed by atoms with Crippen molar-refractivity contribution >= 4 is 224 Å². The monoisotopic (exact) mass is 1480 g/mol. The molecular weight excluding hydrogens is 1420 g/mol. The van der Waals surface area contributed by atoms with E-state index in [-0.39, 0.29) is 5.41 Å². The van der Waals surface area contributed by atoms with E-state index in [0.29, 0.717) is 11.9 Å². The lowest BCUT2D eigenvalue weighted by Gasteiger charge is -2.21. The van der Waals surface area contributed by atoms with Gasteiger partial charge >= 0.3 is 0 Å². The van der Waals surface area contributed by atoms with Crippen LogP contribution in [0.2, 0.25) is 0 Å². The third kappa shape index (κ3) is 8.78. The minimum Gasteiger partial charge on any atom is -0.278 e. The molecule has 0 amide bonds. The van der Waals surface area contributed by atoms with Gasteiger partial charge in [0.2, 0.25) is 11.9 Å². The van der Waals surface area contributed by atoms with E-state index < -0.39 is 0 Å². The summed E-state index contributed by atoms with van der Waals surface area (Å²) in [5, 5.41) is 31.1. The molecule has 0 atom stereocenters. The van der Waals surface area contributed by atoms with Crippen molar-refractivity contribution in [3.63, 3.8) is 0 Å². The molecule has 7 heterocycles. The minimum absolute atomic E-state index is 0.329. The number of hydrogen-bond acceptors (Lipinski definition) is 7. The second-order valence-corrected chi connectivity index (χ2v) is 33.8. The third-order valence-corrected chi connectivity index (χ3v) is 27.7. The van der Waals surface area contributed by atoms with E-state index in [0.717, 1.165) is 71.4 Å². The molecule has 1 aliphatic carbocycles. The summed E-state index contributed by atoms with van der Waals surface area (Å²) < 4.78 is 12.2. The van der Waals surface area contributed by atoms with E-state index in [1.165, 1.54) is 164 Å². The highest BCUT2D eigenvalue weighted by Gasteiger charge is 2.40. The largest absolute Gasteiger partial charge is 0.278 e. The zero-order valence-electron chi connectivity index (χ0n) is 60.6. The van der Waals surface area contributed by atoms with Gasteiger partial charge in [0, 0.05) is 105 Å². The summed E-state index contributed by atoms with van der Waals surface area (Å²) in [5.41, 5.74) is 13.9. The fraction of sp³-hybridized carbons (Fsp3) is 0.0291. The highest BCUT2D eigenvalue weighted by Crippen LogP contribution is 2.54. The molecule has 0 aliphatic heterocycles. The highest BCUT2D eigenvalue weighted by atomic mass is 32.1. The molecule has 0 fully saturated rings. The van der Waals surface area contributed by atoms with Crippen LogP contribution in [0, 0.1) is 0 Å². The van der Waals surface area contributed by atoms with Gasteiger partial charge in [0.15, 0.2) is 0 Å². The van der Waals surface area contributed by atoms with Gasteiger partial charge in [-0.25, -0.2) is 19.9 Å². The molecule has 112 heavy (non-hydrogen) atoms. The lowest BCUT2D eigenvalue weighted by atomic mass is 9.85. The standard InChI is InChI=1S/C53H33N3S.C50H27N3S2/c1-53(2)42-21-11-9-20-39(42)49-50(32-23-26-46-40(28-32)36-18-10-12-22-45(36)57-46)54-52(55-51(49)53)56-43-25-24-38-35-17-6-5-15-33(35)34-16-7-8-19-37(34)47(38)48(43)41-27-30-13-3-4-14-31(30)29-44(41)56;1-2-12-29-27-41-39(25-28(29)11-1)46-40(23-22-36-33-15-4-3-13-31(33)32-14-5-6-17-35(32)45(36)46)53(41)50-51-47(49-48(52-50)37-18-8-10-20-43(37)55-49)30-21-24-44-38(26-30)34-16-7-9-19-42(34)54-44/h3-29H,1-2H3;1-27H. The van der Waals surface area contributed by atoms with Crippen molar-refractivity contribution in [3.05, 3.63) is 339 Å². The maximum absolute atomic E-state index is 5.72. The SMILES string of the molecule is CC1(C)c2ccccc2-c2c(-c3ccc4sc5ccccc5c4c3)nc(-n3c4cc5ccccc5cc4c4c5c6ccccc6c6ccccc6c5ccc43)nc21.c1ccc2cc3c(cc2c1)c1c2c4ccccc4c4ccccc4c2ccc1n3-c1nc(-c2ccc3sc4ccccc4c3c2)c2sc3ccccc3c2n1. The van der Waals surface area contributed by atoms with E-state index >= 15 is 0 Å². The normalized spacial score (nSPS) is 13.0. The van der Waals surface area contributed by atoms with Crippen molar-refractivity contribution in [2.75, 3.05) is 0 Å². The number of fused-ring (bicyclic) bond motifs is 34. The summed E-state index contributed by atoms with van der Waals surface area (Å²) in [4.78, 5) is 22.5. The van der Waals surface area contributed by atoms with Crippen LogP contribution in [0.4, 0.5) is 0 Å². The van der Waals surface area contributed by atoms with E-state index in [2.05, 4.69) is 351 Å². The van der Waals surface area contributed by atoms with Crippen LogP contribution >= 0.6 is 34.0 Å². The van der Waals surface area contributed by atoms with Gasteiger partial charge in [0.1, 0.15) is 0 Å². The van der Waals surface area contributed by atoms with Gasteiger partial charge < -0.3 is 0 Å². The molecule has 18 aromatic carbocycles. The molecule has 0 radical (unpaired) electrons. The van der Waals surface area contributed by atoms with Crippen molar-refractivity contribution in [3.8, 4) is 45.5 Å². The van der Waals surface area contributed by atoms with Crippen molar-refractivity contribution in [2.45, 2.75) is 19.3 Å². The molecule has 9 heteroatoms. The molecule has 0 saturated carbocycles. The first-order chi connectivity index (χ1) is 55.3. The van der Waals surface area contributed by atoms with Crippen LogP contribution in [0.25, 0.3) is 236 Å². The van der Waals surface area contributed by atoms with Gasteiger partial charge in [-0.05, 0) is 165 Å². The van der Waals surface area contributed by atoms with E-state index in [9.17, 15) is 0 Å². The first-order valence-corrected chi connectivity index (χ1v) is 40.7. The van der Waals surface area contributed by atoms with Gasteiger partial charge in [0.05, 0.1) is 49.4 Å². The summed E-state index contributed by atoms with van der Waals surface area (Å²) in [5.74, 6) is 1.38. The van der Waals surface area contributed by atoms with Crippen LogP contribution in [0.5, 0.6) is 0 Å². The Kier molecular flexibility index (Phi) is 12.9. The second-order valence-electron chi connectivity index (χ2n) is 30.6. The molecule has 7 aromatic heterocycles. The lowest BCUT2D eigenvalue weighted by Crippen LogP contribution is -2.18. The number of aromatic nitrogens is 6. The second kappa shape index (κ2) is 23.3. The molecule has 0 bridgehead atoms. The molecule has 0 spiro atoms. The van der Waals surface area contributed by atoms with Gasteiger partial charge in [0.25, 0.3) is 0 Å². The smallest absolute Gasteiger partial charge is 0.235 e. The molecule has 1 aliphatic rings. The topological polar surface area (TPSA) is 61.4 Å². The van der Waals surface area contributed by atoms with Crippen molar-refractivity contribution < 1.29 is 0 Å². The van der Waals surface area contributed by atoms with Crippen LogP contribution in [-0.2, 0) is 5.41 Å². The molecule has 26 rings (SSSR count). The number of benzene rings is 18. The van der Waals surface area contributed by atoms with Crippen LogP contribution in [-0.4, -0.2) is 29.1 Å². The molecule has 520 valence electrons. The van der Waals surface area contributed by atoms with Crippen molar-refractivity contribution in [2.24, 2.45) is 0 Å². The molecular formula is C103H60N6S3. The Balaban J connectivity index is 0.000000127. The Morgan fingerprint density at radius 1 is 0.259 bits per heavy atom. The number of rotatable bonds is 4. The van der Waals surface area contributed by atoms with E-state index in [4.69, 9.17) is 19.9 Å². The average Bonchev–Trinajstić information content (AvgIpc) is 1.16. The van der Waals surface area contributed by atoms with Crippen molar-refractivity contribution in [1.82, 2.24) is 29.1 Å². The van der Waals surface area contributed by atoms with Gasteiger partial charge in [-0.3, -0.25) is 9.13 Å². The fourth-order valence-corrected chi connectivity index (χ4v) is 22.6. The summed E-state index contributed by atoms with van der Waals surface area (Å²) >= 11 is 5.48. The van der Waals surface area contributed by atoms with Crippen LogP contribution in [0.15, 0.2) is 328 Å². The quantitative estimate of drug-likeness (QED) is 0.165. The molecule has 6 nitrogen and oxygen atoms in total. The summed E-state index contributed by atoms with van der Waals surface area (Å²) in [6, 6.07) is 120. The molecule has 25 aromatic rings. The average molecular weight is 1480 g/mol. The number of thiophene rings is 3. The Morgan fingerprint density at radius 3 is 1.14 bits per heavy atom. The van der Waals surface area contributed by atoms with Gasteiger partial charge in [-0.1, -0.05) is 263 Å². The molecule has 0 N–H and O–H groups in total. The summed E-state index contributed by atoms with van der Waals surface area (Å²) in [7, 11) is 0. The Hall–Kier alpha value is -13.5. The zero-order chi connectivity index (χ0) is 73.3. The van der Waals surface area contributed by atoms with Crippen LogP contribution < -0.4 is 0 Å². The highest BCUT2D eigenvalue weighted by molar-refractivity contribution is 7.27. The molecule has 0 unspecified atom stereocenters. The maximum Gasteiger partial charge on any atom is 0.235 e. The van der Waals surface area contributed by atoms with E-state index in [1.54, 1.807) is 11.3 Å². The first kappa shape index (κ1) is 62.4. The predicted octanol–water partition coefficient (Wildman–Crippen LogP) is 29.1. The zero-order valence-corrected chi connectivity index (χ0v) is 63.0. The van der Waals surface area contributed by atoms with Crippen LogP contribution in [0.1, 0.15) is 25.1 Å². The maximum atomic E-state index is 5.72. The van der Waals surface area contributed by atoms with Crippen molar-refractivity contribution in [1.29, 1.82) is 0 Å². The lowest BCUT2D eigenvalue weighted by molar-refractivity contribution is 0.632. The Morgan fingerprint density at radius 2 is 0.634 bits per heavy atom. The Labute approximate surface area is 652 Å². The first-order valence-electron chi connectivity index (χ1n) is 38.2. The van der Waals surface area contributed by atoms with E-state index in [1.807, 2.05) is 22.7 Å². The molecule has 0 saturated heterocycles. The third-order valence-electron chi connectivity index (χ3n) is 24.3. The van der Waals surface area contributed by atoms with Gasteiger partial charge in [-0.15, -0.1) is 34.0 Å². The predicted molar refractivity (Wildman–Crippen MR) is 480 cm³/mol.